The molecule has 1 atom stereocenters. The van der Waals surface area contributed by atoms with Crippen molar-refractivity contribution in [2.45, 2.75) is 25.4 Å². The molecule has 0 aliphatic carbocycles. The first-order chi connectivity index (χ1) is 10.3. The number of halogens is 1. The number of aryl methyl sites for hydroxylation is 1. The number of hydrogen-bond donors (Lipinski definition) is 1. The van der Waals surface area contributed by atoms with Crippen LogP contribution in [0.4, 0.5) is 5.69 Å². The molecule has 1 aliphatic heterocycles. The van der Waals surface area contributed by atoms with Crippen molar-refractivity contribution >= 4 is 17.3 Å². The third-order valence-electron chi connectivity index (χ3n) is 3.91. The van der Waals surface area contributed by atoms with Crippen LogP contribution in [-0.2, 0) is 6.54 Å². The second-order valence-electron chi connectivity index (χ2n) is 5.50. The Balaban J connectivity index is 1.37. The fourth-order valence-corrected chi connectivity index (χ4v) is 2.96. The fourth-order valence-electron chi connectivity index (χ4n) is 2.81. The lowest BCUT2D eigenvalue weighted by atomic mass is 10.2. The van der Waals surface area contributed by atoms with Gasteiger partial charge >= 0.3 is 0 Å². The van der Waals surface area contributed by atoms with Crippen LogP contribution >= 0.6 is 11.6 Å². The number of nitrogens with zero attached hydrogens (tertiary/aromatic N) is 3. The Morgan fingerprint density at radius 1 is 1.29 bits per heavy atom. The Hall–Kier alpha value is -1.52. The van der Waals surface area contributed by atoms with Crippen LogP contribution in [0.25, 0.3) is 0 Å². The Morgan fingerprint density at radius 3 is 2.90 bits per heavy atom. The number of benzene rings is 1. The summed E-state index contributed by atoms with van der Waals surface area (Å²) < 4.78 is 1.90. The van der Waals surface area contributed by atoms with Gasteiger partial charge in [-0.1, -0.05) is 29.8 Å². The molecule has 0 spiro atoms. The highest BCUT2D eigenvalue weighted by atomic mass is 35.5. The maximum absolute atomic E-state index is 5.85. The summed E-state index contributed by atoms with van der Waals surface area (Å²) in [6.45, 7) is 4.16. The zero-order valence-corrected chi connectivity index (χ0v) is 12.8. The molecule has 1 aromatic heterocycles. The molecule has 1 N–H and O–H groups in total. The van der Waals surface area contributed by atoms with Gasteiger partial charge in [-0.15, -0.1) is 0 Å². The van der Waals surface area contributed by atoms with E-state index >= 15 is 0 Å². The summed E-state index contributed by atoms with van der Waals surface area (Å²) in [6.07, 6.45) is 5.83. The third kappa shape index (κ3) is 3.99. The van der Waals surface area contributed by atoms with Crippen LogP contribution in [0, 0.1) is 0 Å². The normalized spacial score (nSPS) is 18.3. The second kappa shape index (κ2) is 6.96. The summed E-state index contributed by atoms with van der Waals surface area (Å²) in [7, 11) is 0. The van der Waals surface area contributed by atoms with Gasteiger partial charge in [0, 0.05) is 37.6 Å². The summed E-state index contributed by atoms with van der Waals surface area (Å²) in [4.78, 5) is 2.45. The zero-order valence-electron chi connectivity index (χ0n) is 12.1. The monoisotopic (exact) mass is 304 g/mol. The van der Waals surface area contributed by atoms with Crippen molar-refractivity contribution in [3.8, 4) is 0 Å². The molecule has 4 nitrogen and oxygen atoms in total. The standard InChI is InChI=1S/C16H21ClN4/c17-14-11-19-21(12-14)9-4-8-18-15-7-10-20(13-15)16-5-2-1-3-6-16/h1-3,5-6,11-12,15,18H,4,7-10,13H2/t15-/m0/s1. The van der Waals surface area contributed by atoms with Crippen LogP contribution in [-0.4, -0.2) is 35.5 Å². The molecule has 2 aromatic rings. The van der Waals surface area contributed by atoms with Crippen molar-refractivity contribution in [3.05, 3.63) is 47.7 Å². The predicted octanol–water partition coefficient (Wildman–Crippen LogP) is 2.80. The van der Waals surface area contributed by atoms with E-state index < -0.39 is 0 Å². The quantitative estimate of drug-likeness (QED) is 0.833. The molecule has 112 valence electrons. The number of nitrogens with one attached hydrogen (secondary N) is 1. The molecule has 0 radical (unpaired) electrons. The molecule has 1 saturated heterocycles. The van der Waals surface area contributed by atoms with Crippen LogP contribution in [0.5, 0.6) is 0 Å². The summed E-state index contributed by atoms with van der Waals surface area (Å²) in [5.41, 5.74) is 1.33. The van der Waals surface area contributed by atoms with Gasteiger partial charge < -0.3 is 10.2 Å². The minimum atomic E-state index is 0.589. The highest BCUT2D eigenvalue weighted by Crippen LogP contribution is 2.19. The maximum atomic E-state index is 5.85. The molecule has 1 aromatic carbocycles. The van der Waals surface area contributed by atoms with Gasteiger partial charge in [0.25, 0.3) is 0 Å². The summed E-state index contributed by atoms with van der Waals surface area (Å²) in [5, 5.41) is 8.53. The Morgan fingerprint density at radius 2 is 2.14 bits per heavy atom. The van der Waals surface area contributed by atoms with E-state index in [-0.39, 0.29) is 0 Å². The van der Waals surface area contributed by atoms with E-state index in [1.807, 2.05) is 10.9 Å². The smallest absolute Gasteiger partial charge is 0.0785 e. The van der Waals surface area contributed by atoms with Crippen LogP contribution in [0.1, 0.15) is 12.8 Å². The van der Waals surface area contributed by atoms with Gasteiger partial charge in [-0.25, -0.2) is 0 Å². The lowest BCUT2D eigenvalue weighted by Gasteiger charge is -2.19. The van der Waals surface area contributed by atoms with Crippen LogP contribution in [0.2, 0.25) is 5.02 Å². The first-order valence-corrected chi connectivity index (χ1v) is 7.90. The minimum absolute atomic E-state index is 0.589. The van der Waals surface area contributed by atoms with Crippen LogP contribution in [0.3, 0.4) is 0 Å². The summed E-state index contributed by atoms with van der Waals surface area (Å²) >= 11 is 5.85. The molecular formula is C16H21ClN4. The molecule has 3 rings (SSSR count). The molecular weight excluding hydrogens is 284 g/mol. The summed E-state index contributed by atoms with van der Waals surface area (Å²) in [5.74, 6) is 0. The van der Waals surface area contributed by atoms with Crippen molar-refractivity contribution in [2.24, 2.45) is 0 Å². The highest BCUT2D eigenvalue weighted by molar-refractivity contribution is 6.30. The molecule has 2 heterocycles. The van der Waals surface area contributed by atoms with Gasteiger partial charge in [0.1, 0.15) is 0 Å². The van der Waals surface area contributed by atoms with Crippen LogP contribution in [0.15, 0.2) is 42.7 Å². The van der Waals surface area contributed by atoms with Gasteiger partial charge in [0.2, 0.25) is 0 Å². The molecule has 5 heteroatoms. The topological polar surface area (TPSA) is 33.1 Å². The van der Waals surface area contributed by atoms with E-state index in [1.54, 1.807) is 6.20 Å². The van der Waals surface area contributed by atoms with Crippen molar-refractivity contribution < 1.29 is 0 Å². The van der Waals surface area contributed by atoms with Crippen LogP contribution < -0.4 is 10.2 Å². The fraction of sp³-hybridized carbons (Fsp3) is 0.438. The average molecular weight is 305 g/mol. The molecule has 1 aliphatic rings. The number of hydrogen-bond acceptors (Lipinski definition) is 3. The van der Waals surface area contributed by atoms with Crippen molar-refractivity contribution in [2.75, 3.05) is 24.5 Å². The summed E-state index contributed by atoms with van der Waals surface area (Å²) in [6, 6.07) is 11.2. The number of anilines is 1. The molecule has 21 heavy (non-hydrogen) atoms. The van der Waals surface area contributed by atoms with E-state index in [0.717, 1.165) is 32.6 Å². The first kappa shape index (κ1) is 14.4. The maximum Gasteiger partial charge on any atom is 0.0785 e. The number of aromatic nitrogens is 2. The zero-order chi connectivity index (χ0) is 14.5. The largest absolute Gasteiger partial charge is 0.370 e. The third-order valence-corrected chi connectivity index (χ3v) is 4.10. The Kier molecular flexibility index (Phi) is 4.78. The lowest BCUT2D eigenvalue weighted by Crippen LogP contribution is -2.33. The van der Waals surface area contributed by atoms with E-state index in [9.17, 15) is 0 Å². The lowest BCUT2D eigenvalue weighted by molar-refractivity contribution is 0.498. The van der Waals surface area contributed by atoms with Gasteiger partial charge in [-0.2, -0.15) is 5.10 Å². The van der Waals surface area contributed by atoms with Gasteiger partial charge in [0.15, 0.2) is 0 Å². The average Bonchev–Trinajstić information content (AvgIpc) is 3.14. The van der Waals surface area contributed by atoms with Crippen molar-refractivity contribution in [1.82, 2.24) is 15.1 Å². The van der Waals surface area contributed by atoms with Crippen molar-refractivity contribution in [3.63, 3.8) is 0 Å². The predicted molar refractivity (Wildman–Crippen MR) is 86.9 cm³/mol. The first-order valence-electron chi connectivity index (χ1n) is 7.52. The number of rotatable bonds is 6. The Labute approximate surface area is 130 Å². The highest BCUT2D eigenvalue weighted by Gasteiger charge is 2.21. The molecule has 1 fully saturated rings. The molecule has 0 amide bonds. The number of para-hydroxylation sites is 1. The van der Waals surface area contributed by atoms with E-state index in [1.165, 1.54) is 12.1 Å². The van der Waals surface area contributed by atoms with E-state index in [4.69, 9.17) is 11.6 Å². The van der Waals surface area contributed by atoms with Gasteiger partial charge in [-0.3, -0.25) is 4.68 Å². The van der Waals surface area contributed by atoms with Gasteiger partial charge in [0.05, 0.1) is 11.2 Å². The SMILES string of the molecule is Clc1cnn(CCCN[C@H]2CCN(c3ccccc3)C2)c1. The van der Waals surface area contributed by atoms with Crippen molar-refractivity contribution in [1.29, 1.82) is 0 Å². The van der Waals surface area contributed by atoms with E-state index in [0.29, 0.717) is 11.1 Å². The second-order valence-corrected chi connectivity index (χ2v) is 5.93. The minimum Gasteiger partial charge on any atom is -0.370 e. The van der Waals surface area contributed by atoms with E-state index in [2.05, 4.69) is 45.6 Å². The molecule has 0 unspecified atom stereocenters. The molecule has 0 saturated carbocycles. The molecule has 0 bridgehead atoms. The Bertz CT molecular complexity index is 554. The van der Waals surface area contributed by atoms with Gasteiger partial charge in [-0.05, 0) is 31.5 Å².